The molecule has 0 radical (unpaired) electrons. The third-order valence-corrected chi connectivity index (χ3v) is 18.4. The molecule has 0 aromatic rings. The summed E-state index contributed by atoms with van der Waals surface area (Å²) in [5.41, 5.74) is 0. The molecule has 0 saturated carbocycles. The molecule has 0 aromatic heterocycles. The number of allylic oxidation sites excluding steroid dienone is 14. The Morgan fingerprint density at radius 2 is 0.620 bits per heavy atom. The van der Waals surface area contributed by atoms with Crippen molar-refractivity contribution >= 4 is 19.8 Å². The predicted octanol–water partition coefficient (Wildman–Crippen LogP) is 26.1. The number of hydrogen-bond donors (Lipinski definition) is 1. The second-order valence-electron chi connectivity index (χ2n) is 27.7. The Labute approximate surface area is 571 Å². The van der Waals surface area contributed by atoms with Crippen LogP contribution in [0.15, 0.2) is 85.1 Å². The summed E-state index contributed by atoms with van der Waals surface area (Å²) in [6.07, 6.45) is 100. The number of hydrogen-bond acceptors (Lipinski definition) is 7. The van der Waals surface area contributed by atoms with Crippen LogP contribution in [0.3, 0.4) is 0 Å². The molecule has 0 aliphatic carbocycles. The molecule has 0 amide bonds. The lowest BCUT2D eigenvalue weighted by atomic mass is 10.0. The van der Waals surface area contributed by atoms with Gasteiger partial charge in [-0.05, 0) is 89.9 Å². The summed E-state index contributed by atoms with van der Waals surface area (Å²) in [6.45, 7) is 4.37. The normalized spacial score (nSPS) is 13.5. The van der Waals surface area contributed by atoms with Crippen molar-refractivity contribution in [3.63, 3.8) is 0 Å². The van der Waals surface area contributed by atoms with Crippen LogP contribution in [0.2, 0.25) is 0 Å². The molecule has 0 rings (SSSR count). The van der Waals surface area contributed by atoms with Crippen LogP contribution in [0.1, 0.15) is 373 Å². The zero-order chi connectivity index (χ0) is 66.9. The van der Waals surface area contributed by atoms with Crippen molar-refractivity contribution in [2.75, 3.05) is 47.5 Å². The number of phosphoric ester groups is 1. The van der Waals surface area contributed by atoms with Crippen molar-refractivity contribution in [3.05, 3.63) is 85.1 Å². The largest absolute Gasteiger partial charge is 0.472 e. The molecule has 92 heavy (non-hydrogen) atoms. The number of rotatable bonds is 73. The molecular weight excluding hydrogens is 1160 g/mol. The topological polar surface area (TPSA) is 108 Å². The van der Waals surface area contributed by atoms with Crippen LogP contribution in [0.25, 0.3) is 0 Å². The van der Waals surface area contributed by atoms with Crippen LogP contribution in [-0.4, -0.2) is 74.9 Å². The maximum absolute atomic E-state index is 12.9. The van der Waals surface area contributed by atoms with E-state index in [1.54, 1.807) is 0 Å². The number of esters is 2. The first-order valence-corrected chi connectivity index (χ1v) is 40.8. The lowest BCUT2D eigenvalue weighted by Crippen LogP contribution is -2.37. The molecule has 1 N–H and O–H groups in total. The van der Waals surface area contributed by atoms with Crippen molar-refractivity contribution in [3.8, 4) is 0 Å². The molecule has 2 atom stereocenters. The van der Waals surface area contributed by atoms with E-state index in [1.807, 2.05) is 21.1 Å². The minimum atomic E-state index is -4.39. The molecule has 0 aliphatic rings. The fourth-order valence-corrected chi connectivity index (χ4v) is 12.2. The van der Waals surface area contributed by atoms with E-state index in [4.69, 9.17) is 18.5 Å². The molecule has 0 spiro atoms. The summed E-state index contributed by atoms with van der Waals surface area (Å²) in [7, 11) is 1.49. The smallest absolute Gasteiger partial charge is 0.462 e. The number of phosphoric acid groups is 1. The first-order chi connectivity index (χ1) is 45.0. The van der Waals surface area contributed by atoms with Gasteiger partial charge in [0.15, 0.2) is 6.10 Å². The average molecular weight is 1310 g/mol. The third-order valence-electron chi connectivity index (χ3n) is 17.4. The van der Waals surface area contributed by atoms with E-state index in [1.165, 1.54) is 270 Å². The Hall–Kier alpha value is -2.81. The fourth-order valence-electron chi connectivity index (χ4n) is 11.4. The number of unbranched alkanes of at least 4 members (excludes halogenated alkanes) is 45. The summed E-state index contributed by atoms with van der Waals surface area (Å²) in [5, 5.41) is 0. The molecule has 0 saturated heterocycles. The first kappa shape index (κ1) is 89.2. The molecule has 2 unspecified atom stereocenters. The van der Waals surface area contributed by atoms with Gasteiger partial charge >= 0.3 is 19.8 Å². The Balaban J connectivity index is 3.93. The molecule has 0 heterocycles. The Bertz CT molecular complexity index is 1830. The highest BCUT2D eigenvalue weighted by molar-refractivity contribution is 7.47. The SMILES string of the molecule is CC/C=C\C/C=C\C/C=C\C/C=C\C/C=C\CCCCCCCCCCCCCCCCCCCCCCCCCC(=O)OC(COC(=O)CCCCCCCCCCCCCCCCCCC/C=C\C/C=C\CCCCCCC)COP(=O)(O)OCC[N+](C)(C)C. The van der Waals surface area contributed by atoms with Gasteiger partial charge in [-0.25, -0.2) is 4.57 Å². The molecule has 0 aromatic carbocycles. The van der Waals surface area contributed by atoms with E-state index in [0.717, 1.165) is 70.6 Å². The summed E-state index contributed by atoms with van der Waals surface area (Å²) in [6, 6.07) is 0. The van der Waals surface area contributed by atoms with Crippen molar-refractivity contribution in [2.24, 2.45) is 0 Å². The van der Waals surface area contributed by atoms with Crippen LogP contribution >= 0.6 is 7.82 Å². The van der Waals surface area contributed by atoms with Gasteiger partial charge in [0, 0.05) is 12.8 Å². The van der Waals surface area contributed by atoms with Crippen molar-refractivity contribution in [1.29, 1.82) is 0 Å². The highest BCUT2D eigenvalue weighted by Crippen LogP contribution is 2.43. The first-order valence-electron chi connectivity index (χ1n) is 39.3. The van der Waals surface area contributed by atoms with Gasteiger partial charge in [-0.2, -0.15) is 0 Å². The maximum atomic E-state index is 12.9. The Morgan fingerprint density at radius 1 is 0.348 bits per heavy atom. The Morgan fingerprint density at radius 3 is 0.924 bits per heavy atom. The van der Waals surface area contributed by atoms with Gasteiger partial charge in [-0.3, -0.25) is 18.6 Å². The molecule has 0 bridgehead atoms. The van der Waals surface area contributed by atoms with Crippen LogP contribution in [0.5, 0.6) is 0 Å². The molecule has 536 valence electrons. The molecule has 0 fully saturated rings. The molecule has 9 nitrogen and oxygen atoms in total. The number of likely N-dealkylation sites (N-methyl/N-ethyl adjacent to an activating group) is 1. The van der Waals surface area contributed by atoms with Gasteiger partial charge < -0.3 is 18.9 Å². The van der Waals surface area contributed by atoms with E-state index in [0.29, 0.717) is 23.9 Å². The quantitative estimate of drug-likeness (QED) is 0.0211. The van der Waals surface area contributed by atoms with Gasteiger partial charge in [0.25, 0.3) is 0 Å². The zero-order valence-electron chi connectivity index (χ0n) is 61.3. The molecular formula is C82H151NO8P+. The standard InChI is InChI=1S/C82H150NO8P/c1-6-8-10-12-14-16-18-20-22-24-26-28-30-32-34-36-37-38-39-40-41-42-43-44-45-47-49-51-53-55-57-59-61-63-65-67-69-71-73-75-82(85)91-80(79-90-92(86,87)89-77-76-83(3,4)5)78-88-81(84)74-72-70-68-66-64-62-60-58-56-54-52-50-48-46-35-33-31-29-27-25-23-21-19-17-15-13-11-9-7-2/h8,10,14,16,19-22,25-28,32,34,80H,6-7,9,11-13,15,17-18,23-24,29-31,33,35-79H2,1-5H3/p+1/b10-8-,16-14-,21-19-,22-20-,27-25-,28-26-,34-32-. The van der Waals surface area contributed by atoms with Crippen molar-refractivity contribution in [1.82, 2.24) is 0 Å². The summed E-state index contributed by atoms with van der Waals surface area (Å²) in [4.78, 5) is 36.0. The van der Waals surface area contributed by atoms with E-state index in [-0.39, 0.29) is 25.6 Å². The van der Waals surface area contributed by atoms with E-state index < -0.39 is 26.5 Å². The predicted molar refractivity (Wildman–Crippen MR) is 399 cm³/mol. The van der Waals surface area contributed by atoms with Gasteiger partial charge in [-0.1, -0.05) is 356 Å². The van der Waals surface area contributed by atoms with Crippen molar-refractivity contribution < 1.29 is 42.1 Å². The Kier molecular flexibility index (Phi) is 70.2. The van der Waals surface area contributed by atoms with Crippen LogP contribution < -0.4 is 0 Å². The van der Waals surface area contributed by atoms with Crippen LogP contribution in [-0.2, 0) is 32.7 Å². The van der Waals surface area contributed by atoms with Crippen LogP contribution in [0, 0.1) is 0 Å². The molecule has 0 aliphatic heterocycles. The number of carbonyl (C=O) groups excluding carboxylic acids is 2. The monoisotopic (exact) mass is 1310 g/mol. The lowest BCUT2D eigenvalue weighted by molar-refractivity contribution is -0.870. The van der Waals surface area contributed by atoms with Gasteiger partial charge in [0.05, 0.1) is 27.7 Å². The van der Waals surface area contributed by atoms with E-state index in [9.17, 15) is 19.0 Å². The number of carbonyl (C=O) groups is 2. The summed E-state index contributed by atoms with van der Waals surface area (Å²) in [5.74, 6) is -0.778. The van der Waals surface area contributed by atoms with E-state index >= 15 is 0 Å². The number of quaternary nitrogens is 1. The minimum Gasteiger partial charge on any atom is -0.462 e. The molecule has 10 heteroatoms. The third kappa shape index (κ3) is 76.2. The second kappa shape index (κ2) is 72.5. The lowest BCUT2D eigenvalue weighted by Gasteiger charge is -2.24. The van der Waals surface area contributed by atoms with Gasteiger partial charge in [0.1, 0.15) is 19.8 Å². The highest BCUT2D eigenvalue weighted by Gasteiger charge is 2.27. The van der Waals surface area contributed by atoms with Crippen LogP contribution in [0.4, 0.5) is 0 Å². The summed E-state index contributed by atoms with van der Waals surface area (Å²) >= 11 is 0. The van der Waals surface area contributed by atoms with Gasteiger partial charge in [-0.15, -0.1) is 0 Å². The minimum absolute atomic E-state index is 0.0326. The second-order valence-corrected chi connectivity index (χ2v) is 29.2. The average Bonchev–Trinajstić information content (AvgIpc) is 2.14. The number of ether oxygens (including phenoxy) is 2. The highest BCUT2D eigenvalue weighted by atomic mass is 31.2. The number of nitrogens with zero attached hydrogens (tertiary/aromatic N) is 1. The van der Waals surface area contributed by atoms with Crippen molar-refractivity contribution in [2.45, 2.75) is 380 Å². The zero-order valence-corrected chi connectivity index (χ0v) is 62.2. The summed E-state index contributed by atoms with van der Waals surface area (Å²) < 4.78 is 34.8. The maximum Gasteiger partial charge on any atom is 0.472 e. The van der Waals surface area contributed by atoms with E-state index in [2.05, 4.69) is 98.9 Å². The fraction of sp³-hybridized carbons (Fsp3) is 0.805. The van der Waals surface area contributed by atoms with Gasteiger partial charge in [0.2, 0.25) is 0 Å².